The van der Waals surface area contributed by atoms with Crippen molar-refractivity contribution < 1.29 is 4.74 Å². The van der Waals surface area contributed by atoms with Crippen molar-refractivity contribution in [3.05, 3.63) is 11.3 Å². The number of likely N-dealkylation sites (tertiary alicyclic amines) is 1. The summed E-state index contributed by atoms with van der Waals surface area (Å²) in [7, 11) is 3.68. The molecule has 0 aliphatic carbocycles. The standard InChI is InChI=1S/C14H24N4O/c1-10-13(14(19-3)17(2)16-10)9-18-5-4-11-6-15-7-12(11)8-18/h11-12,15H,4-9H2,1-3H3. The van der Waals surface area contributed by atoms with Crippen molar-refractivity contribution in [1.82, 2.24) is 20.0 Å². The van der Waals surface area contributed by atoms with Gasteiger partial charge in [0.15, 0.2) is 0 Å². The van der Waals surface area contributed by atoms with Crippen molar-refractivity contribution in [2.24, 2.45) is 18.9 Å². The van der Waals surface area contributed by atoms with Crippen LogP contribution < -0.4 is 10.1 Å². The minimum atomic E-state index is 0.830. The predicted molar refractivity (Wildman–Crippen MR) is 74.2 cm³/mol. The molecule has 5 heteroatoms. The largest absolute Gasteiger partial charge is 0.481 e. The lowest BCUT2D eigenvalue weighted by molar-refractivity contribution is 0.141. The van der Waals surface area contributed by atoms with Crippen molar-refractivity contribution in [2.45, 2.75) is 19.9 Å². The Hall–Kier alpha value is -1.07. The monoisotopic (exact) mass is 264 g/mol. The molecule has 1 N–H and O–H groups in total. The summed E-state index contributed by atoms with van der Waals surface area (Å²) in [4.78, 5) is 2.56. The van der Waals surface area contributed by atoms with Gasteiger partial charge in [0.2, 0.25) is 5.88 Å². The molecular formula is C14H24N4O. The van der Waals surface area contributed by atoms with Crippen LogP contribution in [0.15, 0.2) is 0 Å². The van der Waals surface area contributed by atoms with Crippen LogP contribution in [0.2, 0.25) is 0 Å². The van der Waals surface area contributed by atoms with Crippen molar-refractivity contribution >= 4 is 0 Å². The minimum absolute atomic E-state index is 0.830. The van der Waals surface area contributed by atoms with Crippen LogP contribution >= 0.6 is 0 Å². The molecule has 2 unspecified atom stereocenters. The highest BCUT2D eigenvalue weighted by Gasteiger charge is 2.33. The molecule has 1 aromatic heterocycles. The normalized spacial score (nSPS) is 27.5. The van der Waals surface area contributed by atoms with E-state index in [9.17, 15) is 0 Å². The van der Waals surface area contributed by atoms with Crippen LogP contribution in [0.3, 0.4) is 0 Å². The second-order valence-electron chi connectivity index (χ2n) is 5.90. The Balaban J connectivity index is 1.71. The van der Waals surface area contributed by atoms with Crippen molar-refractivity contribution in [1.29, 1.82) is 0 Å². The number of fused-ring (bicyclic) bond motifs is 1. The molecular weight excluding hydrogens is 240 g/mol. The Labute approximate surface area is 114 Å². The lowest BCUT2D eigenvalue weighted by Crippen LogP contribution is -2.39. The summed E-state index contributed by atoms with van der Waals surface area (Å²) in [5, 5.41) is 7.99. The van der Waals surface area contributed by atoms with Gasteiger partial charge in [0, 0.05) is 20.1 Å². The van der Waals surface area contributed by atoms with Crippen LogP contribution in [-0.4, -0.2) is 48.0 Å². The van der Waals surface area contributed by atoms with Gasteiger partial charge in [0.1, 0.15) is 0 Å². The third-order valence-corrected chi connectivity index (χ3v) is 4.65. The number of piperidine rings is 1. The third kappa shape index (κ3) is 2.37. The smallest absolute Gasteiger partial charge is 0.216 e. The van der Waals surface area contributed by atoms with Gasteiger partial charge in [0.05, 0.1) is 18.4 Å². The number of hydrogen-bond acceptors (Lipinski definition) is 4. The first-order valence-electron chi connectivity index (χ1n) is 7.18. The third-order valence-electron chi connectivity index (χ3n) is 4.65. The second kappa shape index (κ2) is 5.13. The highest BCUT2D eigenvalue weighted by molar-refractivity contribution is 5.30. The minimum Gasteiger partial charge on any atom is -0.481 e. The van der Waals surface area contributed by atoms with E-state index in [1.807, 2.05) is 11.7 Å². The number of ether oxygens (including phenoxy) is 1. The van der Waals surface area contributed by atoms with Crippen LogP contribution in [-0.2, 0) is 13.6 Å². The second-order valence-corrected chi connectivity index (χ2v) is 5.90. The molecule has 2 aliphatic rings. The zero-order valence-electron chi connectivity index (χ0n) is 12.1. The molecule has 0 spiro atoms. The van der Waals surface area contributed by atoms with Gasteiger partial charge >= 0.3 is 0 Å². The molecule has 3 heterocycles. The van der Waals surface area contributed by atoms with E-state index in [2.05, 4.69) is 22.2 Å². The number of methoxy groups -OCH3 is 1. The first kappa shape index (κ1) is 12.9. The number of nitrogens with one attached hydrogen (secondary N) is 1. The van der Waals surface area contributed by atoms with E-state index in [0.717, 1.165) is 30.0 Å². The van der Waals surface area contributed by atoms with E-state index < -0.39 is 0 Å². The average Bonchev–Trinajstić information content (AvgIpc) is 2.94. The van der Waals surface area contributed by atoms with Gasteiger partial charge in [-0.25, -0.2) is 4.68 Å². The van der Waals surface area contributed by atoms with Crippen LogP contribution in [0.5, 0.6) is 5.88 Å². The molecule has 106 valence electrons. The number of nitrogens with zero attached hydrogens (tertiary/aromatic N) is 3. The lowest BCUT2D eigenvalue weighted by atomic mass is 9.88. The van der Waals surface area contributed by atoms with Crippen molar-refractivity contribution in [2.75, 3.05) is 33.3 Å². The van der Waals surface area contributed by atoms with Gasteiger partial charge in [-0.05, 0) is 44.8 Å². The first-order chi connectivity index (χ1) is 9.19. The molecule has 2 saturated heterocycles. The summed E-state index contributed by atoms with van der Waals surface area (Å²) in [5.41, 5.74) is 2.33. The predicted octanol–water partition coefficient (Wildman–Crippen LogP) is 0.778. The van der Waals surface area contributed by atoms with Crippen LogP contribution in [0.25, 0.3) is 0 Å². The van der Waals surface area contributed by atoms with Gasteiger partial charge in [-0.2, -0.15) is 5.10 Å². The summed E-state index contributed by atoms with van der Waals surface area (Å²) in [6.07, 6.45) is 1.32. The average molecular weight is 264 g/mol. The van der Waals surface area contributed by atoms with Crippen LogP contribution in [0, 0.1) is 18.8 Å². The molecule has 1 aromatic rings. The summed E-state index contributed by atoms with van der Waals surface area (Å²) in [6, 6.07) is 0. The summed E-state index contributed by atoms with van der Waals surface area (Å²) >= 11 is 0. The fourth-order valence-electron chi connectivity index (χ4n) is 3.60. The van der Waals surface area contributed by atoms with Gasteiger partial charge in [0.25, 0.3) is 0 Å². The number of hydrogen-bond donors (Lipinski definition) is 1. The topological polar surface area (TPSA) is 42.3 Å². The molecule has 2 aliphatic heterocycles. The highest BCUT2D eigenvalue weighted by Crippen LogP contribution is 2.29. The van der Waals surface area contributed by atoms with E-state index in [1.165, 1.54) is 38.2 Å². The Morgan fingerprint density at radius 1 is 1.37 bits per heavy atom. The molecule has 0 aromatic carbocycles. The van der Waals surface area contributed by atoms with Crippen molar-refractivity contribution in [3.8, 4) is 5.88 Å². The molecule has 0 saturated carbocycles. The SMILES string of the molecule is COc1c(CN2CCC3CNCC3C2)c(C)nn1C. The van der Waals surface area contributed by atoms with E-state index in [4.69, 9.17) is 4.74 Å². The molecule has 0 amide bonds. The van der Waals surface area contributed by atoms with Crippen LogP contribution in [0.4, 0.5) is 0 Å². The quantitative estimate of drug-likeness (QED) is 0.876. The van der Waals surface area contributed by atoms with Gasteiger partial charge in [-0.15, -0.1) is 0 Å². The first-order valence-corrected chi connectivity index (χ1v) is 7.18. The number of aromatic nitrogens is 2. The molecule has 3 rings (SSSR count). The van der Waals surface area contributed by atoms with Gasteiger partial charge in [-0.3, -0.25) is 4.90 Å². The number of aryl methyl sites for hydroxylation is 2. The maximum Gasteiger partial charge on any atom is 0.216 e. The Morgan fingerprint density at radius 3 is 2.95 bits per heavy atom. The molecule has 19 heavy (non-hydrogen) atoms. The molecule has 0 bridgehead atoms. The lowest BCUT2D eigenvalue weighted by Gasteiger charge is -2.34. The zero-order valence-corrected chi connectivity index (χ0v) is 12.1. The van der Waals surface area contributed by atoms with E-state index in [-0.39, 0.29) is 0 Å². The van der Waals surface area contributed by atoms with E-state index in [1.54, 1.807) is 7.11 Å². The fraction of sp³-hybridized carbons (Fsp3) is 0.786. The Bertz CT molecular complexity index is 457. The maximum atomic E-state index is 5.49. The fourth-order valence-corrected chi connectivity index (χ4v) is 3.60. The zero-order chi connectivity index (χ0) is 13.4. The number of rotatable bonds is 3. The Kier molecular flexibility index (Phi) is 3.50. The van der Waals surface area contributed by atoms with Gasteiger partial charge in [-0.1, -0.05) is 0 Å². The summed E-state index contributed by atoms with van der Waals surface area (Å²) in [5.74, 6) is 2.63. The van der Waals surface area contributed by atoms with E-state index in [0.29, 0.717) is 0 Å². The maximum absolute atomic E-state index is 5.49. The molecule has 2 fully saturated rings. The summed E-state index contributed by atoms with van der Waals surface area (Å²) < 4.78 is 7.33. The van der Waals surface area contributed by atoms with E-state index >= 15 is 0 Å². The molecule has 5 nitrogen and oxygen atoms in total. The summed E-state index contributed by atoms with van der Waals surface area (Å²) in [6.45, 7) is 7.83. The molecule has 0 radical (unpaired) electrons. The molecule has 2 atom stereocenters. The van der Waals surface area contributed by atoms with Crippen molar-refractivity contribution in [3.63, 3.8) is 0 Å². The van der Waals surface area contributed by atoms with Gasteiger partial charge < -0.3 is 10.1 Å². The van der Waals surface area contributed by atoms with Crippen LogP contribution in [0.1, 0.15) is 17.7 Å². The highest BCUT2D eigenvalue weighted by atomic mass is 16.5. The Morgan fingerprint density at radius 2 is 2.16 bits per heavy atom.